The fourth-order valence-electron chi connectivity index (χ4n) is 2.64. The summed E-state index contributed by atoms with van der Waals surface area (Å²) in [5.41, 5.74) is 1.52. The van der Waals surface area contributed by atoms with Crippen LogP contribution in [0.25, 0.3) is 6.08 Å². The van der Waals surface area contributed by atoms with Crippen LogP contribution >= 0.6 is 43.5 Å². The second kappa shape index (κ2) is 9.63. The Bertz CT molecular complexity index is 1030. The molecule has 1 N–H and O–H groups in total. The third-order valence-electron chi connectivity index (χ3n) is 4.14. The Morgan fingerprint density at radius 1 is 1.20 bits per heavy atom. The zero-order chi connectivity index (χ0) is 21.8. The highest BCUT2D eigenvalue weighted by Crippen LogP contribution is 2.36. The summed E-state index contributed by atoms with van der Waals surface area (Å²) in [5, 5.41) is 3.06. The van der Waals surface area contributed by atoms with Gasteiger partial charge in [0.1, 0.15) is 24.6 Å². The van der Waals surface area contributed by atoms with Gasteiger partial charge >= 0.3 is 12.0 Å². The lowest BCUT2D eigenvalue weighted by molar-refractivity contribution is -0.143. The largest absolute Gasteiger partial charge is 0.486 e. The number of carbonyl (C=O) groups is 3. The monoisotopic (exact) mass is 556 g/mol. The van der Waals surface area contributed by atoms with Gasteiger partial charge in [-0.2, -0.15) is 0 Å². The lowest BCUT2D eigenvalue weighted by Crippen LogP contribution is -2.36. The van der Waals surface area contributed by atoms with Crippen LogP contribution in [0.2, 0.25) is 5.02 Å². The van der Waals surface area contributed by atoms with E-state index in [-0.39, 0.29) is 12.3 Å². The van der Waals surface area contributed by atoms with E-state index in [0.29, 0.717) is 25.3 Å². The second-order valence-electron chi connectivity index (χ2n) is 6.15. The minimum Gasteiger partial charge on any atom is -0.486 e. The fourth-order valence-corrected chi connectivity index (χ4v) is 4.28. The van der Waals surface area contributed by atoms with Gasteiger partial charge in [0.05, 0.1) is 16.1 Å². The summed E-state index contributed by atoms with van der Waals surface area (Å²) in [7, 11) is 1.18. The number of benzene rings is 2. The highest BCUT2D eigenvalue weighted by Gasteiger charge is 2.35. The highest BCUT2D eigenvalue weighted by atomic mass is 79.9. The number of nitrogens with one attached hydrogen (secondary N) is 1. The van der Waals surface area contributed by atoms with Gasteiger partial charge in [-0.25, -0.2) is 9.69 Å². The Kier molecular flexibility index (Phi) is 7.17. The van der Waals surface area contributed by atoms with Crippen molar-refractivity contribution >= 4 is 67.4 Å². The maximum Gasteiger partial charge on any atom is 0.329 e. The summed E-state index contributed by atoms with van der Waals surface area (Å²) in [5.74, 6) is -0.742. The van der Waals surface area contributed by atoms with Crippen molar-refractivity contribution in [1.29, 1.82) is 0 Å². The molecule has 7 nitrogen and oxygen atoms in total. The summed E-state index contributed by atoms with van der Waals surface area (Å²) in [4.78, 5) is 36.5. The Morgan fingerprint density at radius 2 is 1.87 bits per heavy atom. The van der Waals surface area contributed by atoms with E-state index in [0.717, 1.165) is 10.5 Å². The van der Waals surface area contributed by atoms with E-state index in [2.05, 4.69) is 41.9 Å². The number of esters is 1. The smallest absolute Gasteiger partial charge is 0.329 e. The van der Waals surface area contributed by atoms with Crippen molar-refractivity contribution < 1.29 is 23.9 Å². The van der Waals surface area contributed by atoms with Crippen LogP contribution in [-0.4, -0.2) is 36.5 Å². The van der Waals surface area contributed by atoms with Crippen LogP contribution in [0.4, 0.5) is 4.79 Å². The first-order valence-electron chi connectivity index (χ1n) is 8.56. The van der Waals surface area contributed by atoms with E-state index in [1.807, 2.05) is 18.2 Å². The number of imide groups is 1. The number of amides is 3. The number of hydrogen-bond acceptors (Lipinski definition) is 5. The van der Waals surface area contributed by atoms with Gasteiger partial charge < -0.3 is 14.8 Å². The molecule has 3 rings (SSSR count). The predicted molar refractivity (Wildman–Crippen MR) is 118 cm³/mol. The molecule has 10 heteroatoms. The van der Waals surface area contributed by atoms with Crippen molar-refractivity contribution in [3.8, 4) is 5.75 Å². The quantitative estimate of drug-likeness (QED) is 0.321. The number of urea groups is 1. The Morgan fingerprint density at radius 3 is 2.50 bits per heavy atom. The van der Waals surface area contributed by atoms with Gasteiger partial charge in [-0.05, 0) is 61.7 Å². The van der Waals surface area contributed by atoms with E-state index in [4.69, 9.17) is 16.3 Å². The first-order valence-corrected chi connectivity index (χ1v) is 10.5. The Balaban J connectivity index is 1.78. The van der Waals surface area contributed by atoms with Crippen molar-refractivity contribution in [3.05, 3.63) is 67.2 Å². The number of hydrogen-bond donors (Lipinski definition) is 1. The first-order chi connectivity index (χ1) is 14.3. The summed E-state index contributed by atoms with van der Waals surface area (Å²) in [6, 6.07) is 10.2. The zero-order valence-electron chi connectivity index (χ0n) is 15.6. The highest BCUT2D eigenvalue weighted by molar-refractivity contribution is 9.11. The summed E-state index contributed by atoms with van der Waals surface area (Å²) in [6.07, 6.45) is 1.50. The van der Waals surface area contributed by atoms with Gasteiger partial charge in [-0.1, -0.05) is 29.8 Å². The number of rotatable bonds is 6. The maximum atomic E-state index is 12.4. The molecule has 156 valence electrons. The molecule has 0 aliphatic carbocycles. The van der Waals surface area contributed by atoms with Crippen LogP contribution < -0.4 is 10.1 Å². The van der Waals surface area contributed by atoms with Crippen molar-refractivity contribution in [3.63, 3.8) is 0 Å². The lowest BCUT2D eigenvalue weighted by Gasteiger charge is -2.12. The molecule has 1 aliphatic heterocycles. The van der Waals surface area contributed by atoms with Gasteiger partial charge in [0.15, 0.2) is 0 Å². The number of ether oxygens (including phenoxy) is 2. The molecular weight excluding hydrogens is 543 g/mol. The molecule has 0 unspecified atom stereocenters. The van der Waals surface area contributed by atoms with Gasteiger partial charge in [0.25, 0.3) is 5.91 Å². The fraction of sp³-hybridized carbons (Fsp3) is 0.150. The molecule has 0 radical (unpaired) electrons. The summed E-state index contributed by atoms with van der Waals surface area (Å²) < 4.78 is 11.7. The minimum atomic E-state index is -0.690. The third-order valence-corrected chi connectivity index (χ3v) is 5.69. The maximum absolute atomic E-state index is 12.4. The summed E-state index contributed by atoms with van der Waals surface area (Å²) >= 11 is 13.1. The number of methoxy groups -OCH3 is 1. The standard InChI is InChI=1S/C20H15Br2ClN2O5/c1-29-17(26)9-25-19(27)16(24-20(25)28)8-11-6-13(21)18(14(22)7-11)30-10-12-4-2-3-5-15(12)23/h2-8H,9-10H2,1H3,(H,24,28)/b16-8+. The van der Waals surface area contributed by atoms with Crippen molar-refractivity contribution in [1.82, 2.24) is 10.2 Å². The molecule has 0 saturated carbocycles. The average Bonchev–Trinajstić information content (AvgIpc) is 2.95. The first kappa shape index (κ1) is 22.3. The van der Waals surface area contributed by atoms with Crippen LogP contribution in [0, 0.1) is 0 Å². The molecular formula is C20H15Br2ClN2O5. The van der Waals surface area contributed by atoms with E-state index in [9.17, 15) is 14.4 Å². The molecule has 0 aromatic heterocycles. The van der Waals surface area contributed by atoms with E-state index < -0.39 is 24.5 Å². The number of halogens is 3. The molecule has 1 heterocycles. The Labute approximate surface area is 194 Å². The average molecular weight is 559 g/mol. The molecule has 0 spiro atoms. The van der Waals surface area contributed by atoms with E-state index in [1.54, 1.807) is 18.2 Å². The number of carbonyl (C=O) groups excluding carboxylic acids is 3. The molecule has 30 heavy (non-hydrogen) atoms. The van der Waals surface area contributed by atoms with Crippen molar-refractivity contribution in [2.45, 2.75) is 6.61 Å². The van der Waals surface area contributed by atoms with Crippen molar-refractivity contribution in [2.24, 2.45) is 0 Å². The van der Waals surface area contributed by atoms with E-state index in [1.165, 1.54) is 13.2 Å². The molecule has 3 amide bonds. The van der Waals surface area contributed by atoms with Crippen LogP contribution in [0.5, 0.6) is 5.75 Å². The summed E-state index contributed by atoms with van der Waals surface area (Å²) in [6.45, 7) is -0.185. The molecule has 0 atom stereocenters. The molecule has 1 fully saturated rings. The Hall–Kier alpha value is -2.36. The van der Waals surface area contributed by atoms with Gasteiger partial charge in [-0.3, -0.25) is 9.59 Å². The predicted octanol–water partition coefficient (Wildman–Crippen LogP) is 4.51. The topological polar surface area (TPSA) is 84.9 Å². The molecule has 1 saturated heterocycles. The molecule has 1 aliphatic rings. The molecule has 2 aromatic carbocycles. The van der Waals surface area contributed by atoms with Gasteiger partial charge in [-0.15, -0.1) is 0 Å². The van der Waals surface area contributed by atoms with Crippen LogP contribution in [0.3, 0.4) is 0 Å². The SMILES string of the molecule is COC(=O)CN1C(=O)N/C(=C/c2cc(Br)c(OCc3ccccc3Cl)c(Br)c2)C1=O. The number of nitrogens with zero attached hydrogens (tertiary/aromatic N) is 1. The van der Waals surface area contributed by atoms with Crippen LogP contribution in [0.1, 0.15) is 11.1 Å². The lowest BCUT2D eigenvalue weighted by atomic mass is 10.2. The molecule has 0 bridgehead atoms. The van der Waals surface area contributed by atoms with Gasteiger partial charge in [0, 0.05) is 10.6 Å². The zero-order valence-corrected chi connectivity index (χ0v) is 19.5. The van der Waals surface area contributed by atoms with Crippen LogP contribution in [-0.2, 0) is 20.9 Å². The third kappa shape index (κ3) is 5.03. The van der Waals surface area contributed by atoms with Gasteiger partial charge in [0.2, 0.25) is 0 Å². The molecule has 2 aromatic rings. The van der Waals surface area contributed by atoms with E-state index >= 15 is 0 Å². The minimum absolute atomic E-state index is 0.0486. The van der Waals surface area contributed by atoms with Crippen molar-refractivity contribution in [2.75, 3.05) is 13.7 Å². The van der Waals surface area contributed by atoms with Crippen LogP contribution in [0.15, 0.2) is 51.0 Å². The normalized spacial score (nSPS) is 14.8. The second-order valence-corrected chi connectivity index (χ2v) is 8.27.